The number of anilines is 4. The van der Waals surface area contributed by atoms with E-state index in [-0.39, 0.29) is 12.0 Å². The zero-order valence-electron chi connectivity index (χ0n) is 27.0. The topological polar surface area (TPSA) is 132 Å². The van der Waals surface area contributed by atoms with Crippen molar-refractivity contribution in [3.63, 3.8) is 0 Å². The minimum Gasteiger partial charge on any atom is -0.444 e. The molecule has 3 N–H and O–H groups in total. The van der Waals surface area contributed by atoms with Crippen molar-refractivity contribution in [1.29, 1.82) is 0 Å². The summed E-state index contributed by atoms with van der Waals surface area (Å²) in [4.78, 5) is 47.5. The number of aromatic nitrogens is 4. The standard InChI is InChI=1S/C34H43N9O3/c1-23(44)41-17-19-42(20-18-41)27-7-5-26(6-8-27)38-32-39-30(29-28(22-37-31(29)40-32)25-9-13-35-14-10-25)36-21-24-11-15-43(16-12-24)33(45)46-34(2,3)4/h5-10,13-14,22,24H,11-12,15-21H2,1-4H3,(H3,36,37,38,39,40). The first kappa shape index (κ1) is 31.1. The average molecular weight is 626 g/mol. The summed E-state index contributed by atoms with van der Waals surface area (Å²) in [6, 6.07) is 12.2. The largest absolute Gasteiger partial charge is 0.444 e. The molecular weight excluding hydrogens is 582 g/mol. The van der Waals surface area contributed by atoms with Crippen molar-refractivity contribution >= 4 is 46.2 Å². The van der Waals surface area contributed by atoms with Gasteiger partial charge in [-0.2, -0.15) is 9.97 Å². The molecule has 6 rings (SSSR count). The van der Waals surface area contributed by atoms with E-state index in [0.29, 0.717) is 25.0 Å². The highest BCUT2D eigenvalue weighted by Gasteiger charge is 2.27. The molecule has 4 aromatic rings. The van der Waals surface area contributed by atoms with Gasteiger partial charge >= 0.3 is 6.09 Å². The van der Waals surface area contributed by atoms with Crippen LogP contribution in [0.2, 0.25) is 0 Å². The van der Waals surface area contributed by atoms with E-state index in [1.54, 1.807) is 24.2 Å². The van der Waals surface area contributed by atoms with Crippen LogP contribution < -0.4 is 15.5 Å². The van der Waals surface area contributed by atoms with Crippen LogP contribution in [0.25, 0.3) is 22.2 Å². The minimum absolute atomic E-state index is 0.128. The number of carbonyl (C=O) groups excluding carboxylic acids is 2. The van der Waals surface area contributed by atoms with Gasteiger partial charge in [-0.15, -0.1) is 0 Å². The van der Waals surface area contributed by atoms with Crippen LogP contribution in [-0.4, -0.2) is 93.2 Å². The number of nitrogens with zero attached hydrogens (tertiary/aromatic N) is 6. The van der Waals surface area contributed by atoms with Crippen LogP contribution >= 0.6 is 0 Å². The lowest BCUT2D eigenvalue weighted by Gasteiger charge is -2.35. The Labute approximate surface area is 269 Å². The summed E-state index contributed by atoms with van der Waals surface area (Å²) in [6.07, 6.45) is 7.04. The molecule has 0 spiro atoms. The molecule has 5 heterocycles. The zero-order chi connectivity index (χ0) is 32.3. The molecule has 3 aromatic heterocycles. The third kappa shape index (κ3) is 7.32. The summed E-state index contributed by atoms with van der Waals surface area (Å²) in [6.45, 7) is 12.5. The molecule has 12 heteroatoms. The molecule has 0 unspecified atom stereocenters. The number of pyridine rings is 1. The number of rotatable bonds is 7. The van der Waals surface area contributed by atoms with Gasteiger partial charge in [0.25, 0.3) is 0 Å². The molecule has 0 aliphatic carbocycles. The number of hydrogen-bond acceptors (Lipinski definition) is 9. The number of H-pyrrole nitrogens is 1. The zero-order valence-corrected chi connectivity index (χ0v) is 27.0. The van der Waals surface area contributed by atoms with Gasteiger partial charge in [0.1, 0.15) is 17.1 Å². The summed E-state index contributed by atoms with van der Waals surface area (Å²) in [7, 11) is 0. The number of fused-ring (bicyclic) bond motifs is 1. The molecule has 46 heavy (non-hydrogen) atoms. The van der Waals surface area contributed by atoms with Gasteiger partial charge in [-0.1, -0.05) is 0 Å². The summed E-state index contributed by atoms with van der Waals surface area (Å²) in [5.41, 5.74) is 4.26. The summed E-state index contributed by atoms with van der Waals surface area (Å²) < 4.78 is 5.57. The molecule has 2 saturated heterocycles. The fourth-order valence-corrected chi connectivity index (χ4v) is 6.03. The lowest BCUT2D eigenvalue weighted by molar-refractivity contribution is -0.129. The van der Waals surface area contributed by atoms with E-state index in [0.717, 1.165) is 84.9 Å². The predicted octanol–water partition coefficient (Wildman–Crippen LogP) is 5.49. The SMILES string of the molecule is CC(=O)N1CCN(c2ccc(Nc3nc(NCC4CCN(C(=O)OC(C)(C)C)CC4)c4c(-c5ccncc5)c[nH]c4n3)cc2)CC1. The van der Waals surface area contributed by atoms with E-state index < -0.39 is 5.60 Å². The quantitative estimate of drug-likeness (QED) is 0.244. The van der Waals surface area contributed by atoms with Crippen molar-refractivity contribution in [2.24, 2.45) is 5.92 Å². The van der Waals surface area contributed by atoms with Gasteiger partial charge in [0, 0.05) is 88.3 Å². The van der Waals surface area contributed by atoms with Gasteiger partial charge in [0.2, 0.25) is 11.9 Å². The molecule has 2 aliphatic heterocycles. The maximum Gasteiger partial charge on any atom is 0.410 e. The molecular formula is C34H43N9O3. The number of piperazine rings is 1. The van der Waals surface area contributed by atoms with Crippen molar-refractivity contribution in [1.82, 2.24) is 29.7 Å². The normalized spacial score (nSPS) is 16.0. The second-order valence-corrected chi connectivity index (χ2v) is 13.0. The molecule has 2 amide bonds. The number of benzene rings is 1. The van der Waals surface area contributed by atoms with Crippen LogP contribution in [0.3, 0.4) is 0 Å². The highest BCUT2D eigenvalue weighted by Crippen LogP contribution is 2.34. The smallest absolute Gasteiger partial charge is 0.410 e. The van der Waals surface area contributed by atoms with Crippen LogP contribution in [0.5, 0.6) is 0 Å². The van der Waals surface area contributed by atoms with E-state index in [2.05, 4.69) is 37.6 Å². The third-order valence-corrected chi connectivity index (χ3v) is 8.56. The molecule has 1 aromatic carbocycles. The van der Waals surface area contributed by atoms with E-state index in [1.165, 1.54) is 0 Å². The molecule has 2 aliphatic rings. The van der Waals surface area contributed by atoms with Crippen LogP contribution in [0.1, 0.15) is 40.5 Å². The van der Waals surface area contributed by atoms with Crippen molar-refractivity contribution in [2.75, 3.05) is 61.3 Å². The maximum absolute atomic E-state index is 12.6. The number of likely N-dealkylation sites (tertiary alicyclic amines) is 1. The predicted molar refractivity (Wildman–Crippen MR) is 180 cm³/mol. The van der Waals surface area contributed by atoms with Crippen LogP contribution in [0, 0.1) is 5.92 Å². The lowest BCUT2D eigenvalue weighted by Crippen LogP contribution is -2.48. The average Bonchev–Trinajstić information content (AvgIpc) is 3.48. The molecule has 0 atom stereocenters. The van der Waals surface area contributed by atoms with E-state index in [4.69, 9.17) is 14.7 Å². The Morgan fingerprint density at radius 3 is 2.28 bits per heavy atom. The van der Waals surface area contributed by atoms with E-state index >= 15 is 0 Å². The van der Waals surface area contributed by atoms with E-state index in [9.17, 15) is 9.59 Å². The van der Waals surface area contributed by atoms with Crippen molar-refractivity contribution in [3.8, 4) is 11.1 Å². The van der Waals surface area contributed by atoms with Gasteiger partial charge in [0.05, 0.1) is 5.39 Å². The Morgan fingerprint density at radius 2 is 1.63 bits per heavy atom. The number of hydrogen-bond donors (Lipinski definition) is 3. The van der Waals surface area contributed by atoms with Gasteiger partial charge in [-0.25, -0.2) is 4.79 Å². The molecule has 0 bridgehead atoms. The second kappa shape index (κ2) is 13.2. The summed E-state index contributed by atoms with van der Waals surface area (Å²) in [5, 5.41) is 7.94. The molecule has 12 nitrogen and oxygen atoms in total. The molecule has 2 fully saturated rings. The van der Waals surface area contributed by atoms with Crippen molar-refractivity contribution < 1.29 is 14.3 Å². The molecule has 0 saturated carbocycles. The highest BCUT2D eigenvalue weighted by atomic mass is 16.6. The molecule has 0 radical (unpaired) electrons. The van der Waals surface area contributed by atoms with Gasteiger partial charge < -0.3 is 35.1 Å². The van der Waals surface area contributed by atoms with Crippen LogP contribution in [0.4, 0.5) is 27.9 Å². The summed E-state index contributed by atoms with van der Waals surface area (Å²) in [5.74, 6) is 1.74. The van der Waals surface area contributed by atoms with Gasteiger partial charge in [-0.3, -0.25) is 9.78 Å². The monoisotopic (exact) mass is 625 g/mol. The van der Waals surface area contributed by atoms with E-state index in [1.807, 2.05) is 56.1 Å². The fourth-order valence-electron chi connectivity index (χ4n) is 6.03. The Morgan fingerprint density at radius 1 is 0.935 bits per heavy atom. The second-order valence-electron chi connectivity index (χ2n) is 13.0. The van der Waals surface area contributed by atoms with Crippen LogP contribution in [0.15, 0.2) is 55.0 Å². The fraction of sp³-hybridized carbons (Fsp3) is 0.441. The first-order chi connectivity index (χ1) is 22.1. The third-order valence-electron chi connectivity index (χ3n) is 8.56. The Hall–Kier alpha value is -4.87. The van der Waals surface area contributed by atoms with Crippen molar-refractivity contribution in [3.05, 3.63) is 55.0 Å². The maximum atomic E-state index is 12.6. The van der Waals surface area contributed by atoms with Crippen LogP contribution in [-0.2, 0) is 9.53 Å². The Balaban J connectivity index is 1.17. The number of piperidine rings is 1. The highest BCUT2D eigenvalue weighted by molar-refractivity contribution is 6.01. The molecule has 242 valence electrons. The summed E-state index contributed by atoms with van der Waals surface area (Å²) >= 11 is 0. The van der Waals surface area contributed by atoms with Crippen molar-refractivity contribution in [2.45, 2.75) is 46.1 Å². The number of ether oxygens (including phenoxy) is 1. The number of nitrogens with one attached hydrogen (secondary N) is 3. The number of carbonyl (C=O) groups is 2. The Bertz CT molecular complexity index is 1650. The number of aromatic amines is 1. The first-order valence-corrected chi connectivity index (χ1v) is 16.0. The lowest BCUT2D eigenvalue weighted by atomic mass is 9.97. The van der Waals surface area contributed by atoms with Gasteiger partial charge in [0.15, 0.2) is 0 Å². The number of amides is 2. The van der Waals surface area contributed by atoms with Gasteiger partial charge in [-0.05, 0) is 81.5 Å². The minimum atomic E-state index is -0.502. The Kier molecular flexibility index (Phi) is 8.96. The first-order valence-electron chi connectivity index (χ1n) is 16.0.